The number of pyridine rings is 1. The first-order chi connectivity index (χ1) is 7.26. The van der Waals surface area contributed by atoms with Gasteiger partial charge in [-0.05, 0) is 38.4 Å². The third kappa shape index (κ3) is 3.85. The molecule has 0 bridgehead atoms. The van der Waals surface area contributed by atoms with Gasteiger partial charge in [0.15, 0.2) is 0 Å². The number of hydrogen-bond acceptors (Lipinski definition) is 3. The van der Waals surface area contributed by atoms with Crippen LogP contribution in [0, 0.1) is 0 Å². The lowest BCUT2D eigenvalue weighted by Crippen LogP contribution is -2.10. The zero-order valence-electron chi connectivity index (χ0n) is 9.22. The van der Waals surface area contributed by atoms with Crippen LogP contribution < -0.4 is 5.73 Å². The number of rotatable bonds is 4. The van der Waals surface area contributed by atoms with Gasteiger partial charge in [-0.25, -0.2) is 0 Å². The Labute approximate surface area is 90.9 Å². The van der Waals surface area contributed by atoms with Crippen LogP contribution in [0.4, 0.5) is 5.69 Å². The minimum Gasteiger partial charge on any atom is -0.397 e. The highest BCUT2D eigenvalue weighted by atomic mass is 15.1. The Morgan fingerprint density at radius 3 is 2.40 bits per heavy atom. The molecule has 0 aliphatic heterocycles. The Hall–Kier alpha value is -1.77. The predicted molar refractivity (Wildman–Crippen MR) is 63.8 cm³/mol. The van der Waals surface area contributed by atoms with Crippen molar-refractivity contribution in [1.82, 2.24) is 9.88 Å². The predicted octanol–water partition coefficient (Wildman–Crippen LogP) is 2.53. The Bertz CT molecular complexity index is 326. The van der Waals surface area contributed by atoms with Crippen LogP contribution in [0.2, 0.25) is 0 Å². The molecule has 0 aromatic carbocycles. The molecule has 0 fully saturated rings. The van der Waals surface area contributed by atoms with E-state index in [9.17, 15) is 0 Å². The highest BCUT2D eigenvalue weighted by Gasteiger charge is 1.98. The summed E-state index contributed by atoms with van der Waals surface area (Å²) in [5.74, 6) is 0. The Kier molecular flexibility index (Phi) is 4.41. The van der Waals surface area contributed by atoms with Crippen LogP contribution >= 0.6 is 0 Å². The van der Waals surface area contributed by atoms with E-state index in [0.29, 0.717) is 5.69 Å². The average molecular weight is 203 g/mol. The maximum Gasteiger partial charge on any atom is 0.0642 e. The fourth-order valence-electron chi connectivity index (χ4n) is 1.25. The maximum absolute atomic E-state index is 5.57. The Balaban J connectivity index is 2.69. The van der Waals surface area contributed by atoms with Crippen LogP contribution in [0.15, 0.2) is 42.9 Å². The lowest BCUT2D eigenvalue weighted by molar-refractivity contribution is 0.492. The third-order valence-electron chi connectivity index (χ3n) is 1.87. The molecule has 3 nitrogen and oxygen atoms in total. The van der Waals surface area contributed by atoms with Gasteiger partial charge in [-0.3, -0.25) is 4.98 Å². The first kappa shape index (κ1) is 11.3. The molecule has 0 unspecified atom stereocenters. The number of nitrogens with zero attached hydrogens (tertiary/aromatic N) is 2. The van der Waals surface area contributed by atoms with Crippen molar-refractivity contribution in [2.75, 3.05) is 5.73 Å². The van der Waals surface area contributed by atoms with Crippen molar-refractivity contribution < 1.29 is 0 Å². The van der Waals surface area contributed by atoms with Gasteiger partial charge in [0.05, 0.1) is 24.1 Å². The summed E-state index contributed by atoms with van der Waals surface area (Å²) in [7, 11) is 0. The van der Waals surface area contributed by atoms with Gasteiger partial charge in [0.2, 0.25) is 0 Å². The summed E-state index contributed by atoms with van der Waals surface area (Å²) >= 11 is 0. The van der Waals surface area contributed by atoms with Crippen molar-refractivity contribution >= 4 is 5.69 Å². The minimum atomic E-state index is 0.697. The molecule has 0 spiro atoms. The standard InChI is InChI=1S/C12H17N3/c1-3-7-15(8-4-2)10-12-6-5-11(13)9-14-12/h3-9H,10,13H2,1-2H3. The van der Waals surface area contributed by atoms with Crippen molar-refractivity contribution in [3.63, 3.8) is 0 Å². The van der Waals surface area contributed by atoms with Gasteiger partial charge in [0, 0.05) is 0 Å². The van der Waals surface area contributed by atoms with E-state index in [1.165, 1.54) is 0 Å². The van der Waals surface area contributed by atoms with Crippen LogP contribution in [0.5, 0.6) is 0 Å². The molecule has 1 aromatic heterocycles. The van der Waals surface area contributed by atoms with Crippen LogP contribution in [0.25, 0.3) is 0 Å². The normalized spacial score (nSPS) is 11.3. The molecular weight excluding hydrogens is 186 g/mol. The van der Waals surface area contributed by atoms with E-state index in [4.69, 9.17) is 5.73 Å². The van der Waals surface area contributed by atoms with Gasteiger partial charge >= 0.3 is 0 Å². The molecule has 2 N–H and O–H groups in total. The Morgan fingerprint density at radius 2 is 1.93 bits per heavy atom. The van der Waals surface area contributed by atoms with Crippen molar-refractivity contribution in [3.05, 3.63) is 48.6 Å². The monoisotopic (exact) mass is 203 g/mol. The Morgan fingerprint density at radius 1 is 1.27 bits per heavy atom. The zero-order valence-corrected chi connectivity index (χ0v) is 9.22. The molecule has 0 saturated carbocycles. The molecule has 0 saturated heterocycles. The summed E-state index contributed by atoms with van der Waals surface area (Å²) in [5.41, 5.74) is 7.27. The lowest BCUT2D eigenvalue weighted by Gasteiger charge is -2.14. The minimum absolute atomic E-state index is 0.697. The van der Waals surface area contributed by atoms with Crippen molar-refractivity contribution in [1.29, 1.82) is 0 Å². The van der Waals surface area contributed by atoms with E-state index in [1.807, 2.05) is 50.5 Å². The van der Waals surface area contributed by atoms with Crippen molar-refractivity contribution in [2.24, 2.45) is 0 Å². The average Bonchev–Trinajstić information content (AvgIpc) is 2.22. The molecule has 0 amide bonds. The van der Waals surface area contributed by atoms with Crippen LogP contribution in [0.1, 0.15) is 19.5 Å². The molecular formula is C12H17N3. The third-order valence-corrected chi connectivity index (χ3v) is 1.87. The number of anilines is 1. The quantitative estimate of drug-likeness (QED) is 0.817. The summed E-state index contributed by atoms with van der Waals surface area (Å²) < 4.78 is 0. The number of nitrogens with two attached hydrogens (primary N) is 1. The van der Waals surface area contributed by atoms with Gasteiger partial charge in [0.25, 0.3) is 0 Å². The van der Waals surface area contributed by atoms with Crippen molar-refractivity contribution in [3.8, 4) is 0 Å². The van der Waals surface area contributed by atoms with E-state index in [2.05, 4.69) is 9.88 Å². The number of allylic oxidation sites excluding steroid dienone is 2. The van der Waals surface area contributed by atoms with E-state index in [0.717, 1.165) is 12.2 Å². The van der Waals surface area contributed by atoms with E-state index in [-0.39, 0.29) is 0 Å². The van der Waals surface area contributed by atoms with E-state index < -0.39 is 0 Å². The molecule has 15 heavy (non-hydrogen) atoms. The van der Waals surface area contributed by atoms with Gasteiger partial charge in [-0.1, -0.05) is 12.2 Å². The van der Waals surface area contributed by atoms with Crippen LogP contribution in [0.3, 0.4) is 0 Å². The largest absolute Gasteiger partial charge is 0.397 e. The van der Waals surface area contributed by atoms with Gasteiger partial charge in [-0.15, -0.1) is 0 Å². The van der Waals surface area contributed by atoms with Crippen LogP contribution in [-0.4, -0.2) is 9.88 Å². The van der Waals surface area contributed by atoms with E-state index >= 15 is 0 Å². The number of hydrogen-bond donors (Lipinski definition) is 1. The molecule has 1 aromatic rings. The second-order valence-corrected chi connectivity index (χ2v) is 3.22. The zero-order chi connectivity index (χ0) is 11.1. The topological polar surface area (TPSA) is 42.1 Å². The molecule has 0 radical (unpaired) electrons. The number of nitrogen functional groups attached to an aromatic ring is 1. The fraction of sp³-hybridized carbons (Fsp3) is 0.250. The van der Waals surface area contributed by atoms with Gasteiger partial charge < -0.3 is 10.6 Å². The second-order valence-electron chi connectivity index (χ2n) is 3.22. The van der Waals surface area contributed by atoms with Crippen molar-refractivity contribution in [2.45, 2.75) is 20.4 Å². The van der Waals surface area contributed by atoms with Crippen LogP contribution in [-0.2, 0) is 6.54 Å². The lowest BCUT2D eigenvalue weighted by atomic mass is 10.3. The summed E-state index contributed by atoms with van der Waals surface area (Å²) in [6, 6.07) is 3.81. The summed E-state index contributed by atoms with van der Waals surface area (Å²) in [5, 5.41) is 0. The molecule has 80 valence electrons. The molecule has 0 aliphatic rings. The smallest absolute Gasteiger partial charge is 0.0642 e. The SMILES string of the molecule is CC=CN(C=CC)Cc1ccc(N)cn1. The molecule has 0 atom stereocenters. The second kappa shape index (κ2) is 5.86. The molecule has 3 heteroatoms. The molecule has 1 heterocycles. The fourth-order valence-corrected chi connectivity index (χ4v) is 1.25. The first-order valence-corrected chi connectivity index (χ1v) is 4.98. The van der Waals surface area contributed by atoms with Gasteiger partial charge in [0.1, 0.15) is 0 Å². The van der Waals surface area contributed by atoms with E-state index in [1.54, 1.807) is 6.20 Å². The summed E-state index contributed by atoms with van der Waals surface area (Å²) in [6.45, 7) is 4.74. The highest BCUT2D eigenvalue weighted by molar-refractivity contribution is 5.34. The first-order valence-electron chi connectivity index (χ1n) is 4.98. The summed E-state index contributed by atoms with van der Waals surface area (Å²) in [4.78, 5) is 6.32. The highest BCUT2D eigenvalue weighted by Crippen LogP contribution is 2.05. The molecule has 0 aliphatic carbocycles. The number of aromatic nitrogens is 1. The molecule has 1 rings (SSSR count). The summed E-state index contributed by atoms with van der Waals surface area (Å²) in [6.07, 6.45) is 9.70. The maximum atomic E-state index is 5.57. The van der Waals surface area contributed by atoms with Gasteiger partial charge in [-0.2, -0.15) is 0 Å².